The predicted octanol–water partition coefficient (Wildman–Crippen LogP) is -0.607. The third-order valence-corrected chi connectivity index (χ3v) is 2.71. The maximum absolute atomic E-state index is 10.2. The minimum Gasteiger partial charge on any atom is -0.478 e. The van der Waals surface area contributed by atoms with E-state index in [2.05, 4.69) is 0 Å². The lowest BCUT2D eigenvalue weighted by Crippen LogP contribution is -2.09. The van der Waals surface area contributed by atoms with Gasteiger partial charge >= 0.3 is 5.97 Å². The fourth-order valence-electron chi connectivity index (χ4n) is 1.48. The highest BCUT2D eigenvalue weighted by Gasteiger charge is 1.96. The van der Waals surface area contributed by atoms with Crippen LogP contribution in [0, 0.1) is 0 Å². The summed E-state index contributed by atoms with van der Waals surface area (Å²) in [5.41, 5.74) is 0.331. The molecule has 0 aliphatic heterocycles. The van der Waals surface area contributed by atoms with Crippen LogP contribution in [0.25, 0.3) is 0 Å². The van der Waals surface area contributed by atoms with E-state index in [1.165, 1.54) is 0 Å². The molecule has 0 atom stereocenters. The SMILES string of the molecule is O=C(O)c1ccccc1.OCCOCCOCCO.OCCOCCOCCO. The van der Waals surface area contributed by atoms with E-state index >= 15 is 0 Å². The number of carboxylic acids is 1. The first-order chi connectivity index (χ1) is 14.1. The number of aromatic carboxylic acids is 1. The summed E-state index contributed by atoms with van der Waals surface area (Å²) in [6.45, 7) is 3.46. The van der Waals surface area contributed by atoms with Gasteiger partial charge in [0, 0.05) is 0 Å². The van der Waals surface area contributed by atoms with Crippen LogP contribution in [0.1, 0.15) is 10.4 Å². The van der Waals surface area contributed by atoms with E-state index in [-0.39, 0.29) is 26.4 Å². The average Bonchev–Trinajstić information content (AvgIpc) is 2.75. The van der Waals surface area contributed by atoms with E-state index in [9.17, 15) is 4.79 Å². The molecule has 0 bridgehead atoms. The number of ether oxygens (including phenoxy) is 4. The largest absolute Gasteiger partial charge is 0.478 e. The zero-order valence-corrected chi connectivity index (χ0v) is 16.6. The zero-order chi connectivity index (χ0) is 22.0. The molecule has 0 unspecified atom stereocenters. The highest BCUT2D eigenvalue weighted by molar-refractivity contribution is 5.87. The first kappa shape index (κ1) is 29.6. The van der Waals surface area contributed by atoms with Crippen LogP contribution < -0.4 is 0 Å². The fourth-order valence-corrected chi connectivity index (χ4v) is 1.48. The summed E-state index contributed by atoms with van der Waals surface area (Å²) < 4.78 is 19.5. The van der Waals surface area contributed by atoms with Crippen LogP contribution in [-0.2, 0) is 18.9 Å². The standard InChI is InChI=1S/C7H6O2.2C6H14O4/c8-7(9)6-4-2-1-3-5-6;2*7-1-3-9-5-6-10-4-2-8/h1-5H,(H,8,9);2*7-8H,1-6H2. The van der Waals surface area contributed by atoms with Gasteiger partial charge in [0.15, 0.2) is 0 Å². The molecule has 1 rings (SSSR count). The topological polar surface area (TPSA) is 155 Å². The van der Waals surface area contributed by atoms with Crippen molar-refractivity contribution in [2.24, 2.45) is 0 Å². The molecule has 0 radical (unpaired) electrons. The number of rotatable bonds is 15. The quantitative estimate of drug-likeness (QED) is 0.231. The van der Waals surface area contributed by atoms with Crippen molar-refractivity contribution in [3.8, 4) is 0 Å². The molecule has 29 heavy (non-hydrogen) atoms. The Morgan fingerprint density at radius 3 is 1.10 bits per heavy atom. The van der Waals surface area contributed by atoms with Gasteiger partial charge in [0.25, 0.3) is 0 Å². The normalized spacial score (nSPS) is 9.79. The Labute approximate surface area is 171 Å². The van der Waals surface area contributed by atoms with E-state index in [1.54, 1.807) is 30.3 Å². The predicted molar refractivity (Wildman–Crippen MR) is 105 cm³/mol. The maximum atomic E-state index is 10.2. The van der Waals surface area contributed by atoms with Gasteiger partial charge in [0.2, 0.25) is 0 Å². The molecular weight excluding hydrogens is 388 g/mol. The van der Waals surface area contributed by atoms with Crippen molar-refractivity contribution in [1.82, 2.24) is 0 Å². The molecule has 0 saturated heterocycles. The van der Waals surface area contributed by atoms with E-state index < -0.39 is 5.97 Å². The van der Waals surface area contributed by atoms with Gasteiger partial charge in [-0.15, -0.1) is 0 Å². The molecule has 0 amide bonds. The molecule has 5 N–H and O–H groups in total. The molecule has 0 aliphatic carbocycles. The summed E-state index contributed by atoms with van der Waals surface area (Å²) in [6.07, 6.45) is 0. The lowest BCUT2D eigenvalue weighted by Gasteiger charge is -2.01. The molecule has 10 nitrogen and oxygen atoms in total. The lowest BCUT2D eigenvalue weighted by molar-refractivity contribution is 0.0222. The zero-order valence-electron chi connectivity index (χ0n) is 16.6. The van der Waals surface area contributed by atoms with Crippen LogP contribution in [0.4, 0.5) is 0 Å². The Bertz CT molecular complexity index is 398. The monoisotopic (exact) mass is 422 g/mol. The van der Waals surface area contributed by atoms with E-state index in [1.807, 2.05) is 0 Å². The first-order valence-corrected chi connectivity index (χ1v) is 9.16. The molecule has 0 fully saturated rings. The van der Waals surface area contributed by atoms with Gasteiger partial charge in [-0.3, -0.25) is 0 Å². The van der Waals surface area contributed by atoms with Gasteiger partial charge in [0.1, 0.15) is 0 Å². The van der Waals surface area contributed by atoms with Crippen LogP contribution in [-0.4, -0.2) is 111 Å². The minimum absolute atomic E-state index is 0.0417. The van der Waals surface area contributed by atoms with Crippen molar-refractivity contribution >= 4 is 5.97 Å². The summed E-state index contributed by atoms with van der Waals surface area (Å²) >= 11 is 0. The molecule has 0 heterocycles. The third-order valence-electron chi connectivity index (χ3n) is 2.71. The van der Waals surface area contributed by atoms with Gasteiger partial charge in [-0.25, -0.2) is 4.79 Å². The smallest absolute Gasteiger partial charge is 0.335 e. The third kappa shape index (κ3) is 26.4. The Kier molecular flexibility index (Phi) is 26.9. The van der Waals surface area contributed by atoms with Crippen LogP contribution in [0.2, 0.25) is 0 Å². The fraction of sp³-hybridized carbons (Fsp3) is 0.632. The second-order valence-corrected chi connectivity index (χ2v) is 5.02. The van der Waals surface area contributed by atoms with Gasteiger partial charge in [0.05, 0.1) is 84.8 Å². The molecular formula is C19H34O10. The van der Waals surface area contributed by atoms with Crippen molar-refractivity contribution in [1.29, 1.82) is 0 Å². The Morgan fingerprint density at radius 1 is 0.586 bits per heavy atom. The Hall–Kier alpha value is -1.63. The highest BCUT2D eigenvalue weighted by atomic mass is 16.5. The first-order valence-electron chi connectivity index (χ1n) is 9.16. The number of carboxylic acid groups (broad SMARTS) is 1. The van der Waals surface area contributed by atoms with Gasteiger partial charge in [-0.2, -0.15) is 0 Å². The van der Waals surface area contributed by atoms with E-state index in [0.29, 0.717) is 58.4 Å². The second kappa shape index (κ2) is 26.4. The number of benzene rings is 1. The molecule has 0 saturated carbocycles. The van der Waals surface area contributed by atoms with Crippen molar-refractivity contribution in [2.75, 3.05) is 79.3 Å². The van der Waals surface area contributed by atoms with Gasteiger partial charge in [-0.05, 0) is 12.1 Å². The number of hydrogen-bond acceptors (Lipinski definition) is 9. The molecule has 1 aromatic rings. The van der Waals surface area contributed by atoms with Crippen LogP contribution in [0.3, 0.4) is 0 Å². The molecule has 1 aromatic carbocycles. The van der Waals surface area contributed by atoms with Crippen molar-refractivity contribution in [3.05, 3.63) is 35.9 Å². The lowest BCUT2D eigenvalue weighted by atomic mass is 10.2. The number of hydrogen-bond donors (Lipinski definition) is 5. The number of aliphatic hydroxyl groups excluding tert-OH is 4. The number of aliphatic hydroxyl groups is 4. The highest BCUT2D eigenvalue weighted by Crippen LogP contribution is 1.96. The van der Waals surface area contributed by atoms with Crippen molar-refractivity contribution < 1.29 is 49.3 Å². The summed E-state index contributed by atoms with van der Waals surface area (Å²) in [5, 5.41) is 41.4. The maximum Gasteiger partial charge on any atom is 0.335 e. The summed E-state index contributed by atoms with van der Waals surface area (Å²) in [7, 11) is 0. The summed E-state index contributed by atoms with van der Waals surface area (Å²) in [6, 6.07) is 8.30. The van der Waals surface area contributed by atoms with E-state index in [0.717, 1.165) is 0 Å². The Balaban J connectivity index is 0. The Morgan fingerprint density at radius 2 is 0.897 bits per heavy atom. The molecule has 170 valence electrons. The van der Waals surface area contributed by atoms with Crippen LogP contribution in [0.5, 0.6) is 0 Å². The second-order valence-electron chi connectivity index (χ2n) is 5.02. The number of carbonyl (C=O) groups is 1. The molecule has 0 aliphatic rings. The average molecular weight is 422 g/mol. The molecule has 0 aromatic heterocycles. The summed E-state index contributed by atoms with van der Waals surface area (Å²) in [5.74, 6) is -0.879. The van der Waals surface area contributed by atoms with E-state index in [4.69, 9.17) is 44.5 Å². The van der Waals surface area contributed by atoms with Gasteiger partial charge < -0.3 is 44.5 Å². The minimum atomic E-state index is -0.879. The summed E-state index contributed by atoms with van der Waals surface area (Å²) in [4.78, 5) is 10.2. The molecule has 10 heteroatoms. The van der Waals surface area contributed by atoms with Crippen LogP contribution >= 0.6 is 0 Å². The van der Waals surface area contributed by atoms with Crippen LogP contribution in [0.15, 0.2) is 30.3 Å². The van der Waals surface area contributed by atoms with Crippen molar-refractivity contribution in [2.45, 2.75) is 0 Å². The molecule has 0 spiro atoms. The van der Waals surface area contributed by atoms with Crippen molar-refractivity contribution in [3.63, 3.8) is 0 Å². The van der Waals surface area contributed by atoms with Gasteiger partial charge in [-0.1, -0.05) is 18.2 Å².